The number of ether oxygens (including phenoxy) is 1. The minimum Gasteiger partial charge on any atom is -0.378 e. The first kappa shape index (κ1) is 27.2. The predicted molar refractivity (Wildman–Crippen MR) is 124 cm³/mol. The molecule has 0 unspecified atom stereocenters. The second-order valence-electron chi connectivity index (χ2n) is 9.18. The second kappa shape index (κ2) is 10.5. The van der Waals surface area contributed by atoms with Crippen LogP contribution in [0.4, 0.5) is 33.5 Å². The molecule has 4 rings (SSSR count). The molecule has 15 heteroatoms. The van der Waals surface area contributed by atoms with Gasteiger partial charge in [0.15, 0.2) is 0 Å². The largest absolute Gasteiger partial charge is 0.423 e. The second-order valence-corrected chi connectivity index (χ2v) is 9.18. The van der Waals surface area contributed by atoms with Crippen LogP contribution in [0.15, 0.2) is 29.3 Å². The normalized spacial score (nSPS) is 22.3. The van der Waals surface area contributed by atoms with E-state index in [1.165, 1.54) is 30.2 Å². The summed E-state index contributed by atoms with van der Waals surface area (Å²) >= 11 is 0. The smallest absolute Gasteiger partial charge is 0.378 e. The number of amides is 1. The molecule has 2 aromatic heterocycles. The molecule has 2 fully saturated rings. The summed E-state index contributed by atoms with van der Waals surface area (Å²) in [5.74, 6) is -3.54. The topological polar surface area (TPSA) is 127 Å². The average molecular weight is 541 g/mol. The molecule has 4 heterocycles. The highest BCUT2D eigenvalue weighted by molar-refractivity contribution is 5.83. The number of nitrogens with one attached hydrogen (secondary N) is 2. The van der Waals surface area contributed by atoms with Gasteiger partial charge in [0, 0.05) is 31.7 Å². The van der Waals surface area contributed by atoms with Gasteiger partial charge < -0.3 is 19.9 Å². The first-order valence-electron chi connectivity index (χ1n) is 11.7. The Hall–Kier alpha value is -3.80. The van der Waals surface area contributed by atoms with Crippen molar-refractivity contribution in [2.24, 2.45) is 0 Å². The van der Waals surface area contributed by atoms with Gasteiger partial charge in [-0.3, -0.25) is 9.59 Å². The summed E-state index contributed by atoms with van der Waals surface area (Å²) in [6.07, 6.45) is -3.67. The van der Waals surface area contributed by atoms with E-state index in [9.17, 15) is 22.8 Å². The highest BCUT2D eigenvalue weighted by Crippen LogP contribution is 2.36. The lowest BCUT2D eigenvalue weighted by molar-refractivity contribution is -0.149. The molecule has 1 amide bonds. The molecular formula is C23H24F5N7O3. The van der Waals surface area contributed by atoms with Crippen molar-refractivity contribution >= 4 is 17.4 Å². The van der Waals surface area contributed by atoms with E-state index in [2.05, 4.69) is 15.4 Å². The number of alkyl halides is 5. The molecule has 204 valence electrons. The Bertz CT molecular complexity index is 1260. The summed E-state index contributed by atoms with van der Waals surface area (Å²) in [5, 5.41) is 16.5. The lowest BCUT2D eigenvalue weighted by atomic mass is 9.99. The fourth-order valence-electron chi connectivity index (χ4n) is 4.64. The molecule has 0 bridgehead atoms. The van der Waals surface area contributed by atoms with Gasteiger partial charge >= 0.3 is 6.18 Å². The van der Waals surface area contributed by atoms with Crippen LogP contribution in [0.5, 0.6) is 0 Å². The van der Waals surface area contributed by atoms with Crippen LogP contribution in [0, 0.1) is 11.3 Å². The lowest BCUT2D eigenvalue weighted by Crippen LogP contribution is -2.59. The van der Waals surface area contributed by atoms with Crippen LogP contribution < -0.4 is 15.8 Å². The van der Waals surface area contributed by atoms with Crippen LogP contribution in [0.2, 0.25) is 0 Å². The standard InChI is InChI=1S/C23H24F5N7O3/c1-13(32-15-10-31-33-20(36)19(15)23(26,27)28)11-38-16-4-7-35(21(16)37)17-5-6-34(12-22(17,24)25)18-3-2-14(8-29)9-30-18/h2-3,9-10,13,16-17H,4-7,11-12H2,1H3,(H2,32,33,36)/t13-,16+,17+/m0/s1. The van der Waals surface area contributed by atoms with E-state index in [4.69, 9.17) is 10.00 Å². The summed E-state index contributed by atoms with van der Waals surface area (Å²) in [5.41, 5.74) is -3.07. The number of carbonyl (C=O) groups is 1. The summed E-state index contributed by atoms with van der Waals surface area (Å²) in [4.78, 5) is 31.1. The van der Waals surface area contributed by atoms with Crippen LogP contribution in [0.3, 0.4) is 0 Å². The quantitative estimate of drug-likeness (QED) is 0.512. The number of H-pyrrole nitrogens is 1. The molecular weight excluding hydrogens is 517 g/mol. The molecule has 0 radical (unpaired) electrons. The van der Waals surface area contributed by atoms with Crippen LogP contribution in [0.25, 0.3) is 0 Å². The summed E-state index contributed by atoms with van der Waals surface area (Å²) in [6, 6.07) is 2.80. The molecule has 2 N–H and O–H groups in total. The SMILES string of the molecule is C[C@@H](CO[C@@H]1CCN([C@@H]2CCN(c3ccc(C#N)cn3)CC2(F)F)C1=O)Nc1cn[nH]c(=O)c1C(F)(F)F. The van der Waals surface area contributed by atoms with Gasteiger partial charge in [0.05, 0.1) is 36.6 Å². The Kier molecular flexibility index (Phi) is 7.54. The number of pyridine rings is 1. The number of halogens is 5. The zero-order chi connectivity index (χ0) is 27.7. The molecule has 3 atom stereocenters. The third kappa shape index (κ3) is 5.69. The Morgan fingerprint density at radius 3 is 2.66 bits per heavy atom. The molecule has 2 saturated heterocycles. The number of aromatic amines is 1. The molecule has 2 aromatic rings. The number of anilines is 2. The maximum atomic E-state index is 15.1. The summed E-state index contributed by atoms with van der Waals surface area (Å²) in [6.45, 7) is 0.893. The fourth-order valence-corrected chi connectivity index (χ4v) is 4.64. The Morgan fingerprint density at radius 1 is 1.26 bits per heavy atom. The van der Waals surface area contributed by atoms with Crippen molar-refractivity contribution in [2.75, 3.05) is 36.5 Å². The number of piperidine rings is 1. The van der Waals surface area contributed by atoms with Crippen molar-refractivity contribution in [2.45, 2.75) is 50.1 Å². The van der Waals surface area contributed by atoms with Crippen LogP contribution >= 0.6 is 0 Å². The van der Waals surface area contributed by atoms with Crippen molar-refractivity contribution in [3.05, 3.63) is 46.0 Å². The van der Waals surface area contributed by atoms with Crippen molar-refractivity contribution < 1.29 is 31.5 Å². The predicted octanol–water partition coefficient (Wildman–Crippen LogP) is 2.39. The number of likely N-dealkylation sites (tertiary alicyclic amines) is 1. The van der Waals surface area contributed by atoms with Crippen molar-refractivity contribution in [3.63, 3.8) is 0 Å². The molecule has 10 nitrogen and oxygen atoms in total. The first-order valence-corrected chi connectivity index (χ1v) is 11.7. The summed E-state index contributed by atoms with van der Waals surface area (Å²) < 4.78 is 75.5. The Labute approximate surface area is 213 Å². The Morgan fingerprint density at radius 2 is 2.03 bits per heavy atom. The molecule has 0 aromatic carbocycles. The van der Waals surface area contributed by atoms with E-state index >= 15 is 8.78 Å². The maximum Gasteiger partial charge on any atom is 0.423 e. The third-order valence-electron chi connectivity index (χ3n) is 6.42. The number of rotatable bonds is 7. The van der Waals surface area contributed by atoms with Gasteiger partial charge in [0.1, 0.15) is 23.6 Å². The number of aromatic nitrogens is 3. The van der Waals surface area contributed by atoms with Gasteiger partial charge in [-0.25, -0.2) is 18.9 Å². The summed E-state index contributed by atoms with van der Waals surface area (Å²) in [7, 11) is 0. The number of nitriles is 1. The van der Waals surface area contributed by atoms with E-state index in [0.29, 0.717) is 11.4 Å². The van der Waals surface area contributed by atoms with Crippen LogP contribution in [-0.4, -0.2) is 76.3 Å². The maximum absolute atomic E-state index is 15.1. The van der Waals surface area contributed by atoms with Gasteiger partial charge in [-0.05, 0) is 25.5 Å². The van der Waals surface area contributed by atoms with E-state index in [1.807, 2.05) is 6.07 Å². The molecule has 38 heavy (non-hydrogen) atoms. The average Bonchev–Trinajstić information content (AvgIpc) is 3.21. The molecule has 2 aliphatic rings. The zero-order valence-corrected chi connectivity index (χ0v) is 20.1. The molecule has 2 aliphatic heterocycles. The lowest BCUT2D eigenvalue weighted by Gasteiger charge is -2.42. The van der Waals surface area contributed by atoms with Gasteiger partial charge in [-0.2, -0.15) is 23.5 Å². The van der Waals surface area contributed by atoms with Gasteiger partial charge in [-0.15, -0.1) is 0 Å². The van der Waals surface area contributed by atoms with E-state index in [-0.39, 0.29) is 32.5 Å². The zero-order valence-electron chi connectivity index (χ0n) is 20.1. The van der Waals surface area contributed by atoms with E-state index < -0.39 is 59.5 Å². The fraction of sp³-hybridized carbons (Fsp3) is 0.522. The minimum atomic E-state index is -4.92. The van der Waals surface area contributed by atoms with E-state index in [0.717, 1.165) is 11.1 Å². The Balaban J connectivity index is 1.34. The van der Waals surface area contributed by atoms with Gasteiger partial charge in [0.25, 0.3) is 17.4 Å². The highest BCUT2D eigenvalue weighted by Gasteiger charge is 2.51. The number of hydrogen-bond acceptors (Lipinski definition) is 8. The number of carbonyl (C=O) groups excluding carboxylic acids is 1. The van der Waals surface area contributed by atoms with Crippen molar-refractivity contribution in [1.82, 2.24) is 20.1 Å². The van der Waals surface area contributed by atoms with Crippen LogP contribution in [0.1, 0.15) is 30.9 Å². The van der Waals surface area contributed by atoms with E-state index in [1.54, 1.807) is 5.10 Å². The number of hydrogen-bond donors (Lipinski definition) is 2. The van der Waals surface area contributed by atoms with Gasteiger partial charge in [-0.1, -0.05) is 0 Å². The first-order chi connectivity index (χ1) is 17.9. The third-order valence-corrected chi connectivity index (χ3v) is 6.42. The highest BCUT2D eigenvalue weighted by atomic mass is 19.4. The molecule has 0 spiro atoms. The van der Waals surface area contributed by atoms with Gasteiger partial charge in [0.2, 0.25) is 0 Å². The van der Waals surface area contributed by atoms with Crippen molar-refractivity contribution in [1.29, 1.82) is 5.26 Å². The molecule has 0 aliphatic carbocycles. The number of nitrogens with zero attached hydrogens (tertiary/aromatic N) is 5. The minimum absolute atomic E-state index is 0.0130. The molecule has 0 saturated carbocycles. The monoisotopic (exact) mass is 541 g/mol. The van der Waals surface area contributed by atoms with Crippen molar-refractivity contribution in [3.8, 4) is 6.07 Å². The van der Waals surface area contributed by atoms with Crippen LogP contribution in [-0.2, 0) is 15.7 Å².